The zero-order chi connectivity index (χ0) is 14.8. The Bertz CT molecular complexity index is 744. The molecule has 0 bridgehead atoms. The van der Waals surface area contributed by atoms with E-state index in [1.807, 2.05) is 42.1 Å². The van der Waals surface area contributed by atoms with E-state index in [1.54, 1.807) is 6.33 Å². The maximum absolute atomic E-state index is 4.38. The number of fused-ring (bicyclic) bond motifs is 1. The average molecular weight is 281 g/mol. The molecule has 2 heterocycles. The van der Waals surface area contributed by atoms with Gasteiger partial charge in [0.05, 0.1) is 17.8 Å². The van der Waals surface area contributed by atoms with Crippen molar-refractivity contribution in [2.24, 2.45) is 0 Å². The van der Waals surface area contributed by atoms with Crippen molar-refractivity contribution in [2.45, 2.75) is 32.9 Å². The second-order valence-corrected chi connectivity index (χ2v) is 5.41. The zero-order valence-electron chi connectivity index (χ0n) is 12.5. The monoisotopic (exact) mass is 281 g/mol. The molecule has 2 aromatic heterocycles. The molecule has 2 atom stereocenters. The summed E-state index contributed by atoms with van der Waals surface area (Å²) in [4.78, 5) is 8.66. The third kappa shape index (κ3) is 2.72. The van der Waals surface area contributed by atoms with Crippen molar-refractivity contribution in [1.82, 2.24) is 19.7 Å². The van der Waals surface area contributed by atoms with E-state index >= 15 is 0 Å². The van der Waals surface area contributed by atoms with Crippen molar-refractivity contribution in [2.75, 3.05) is 5.32 Å². The van der Waals surface area contributed by atoms with Crippen LogP contribution in [0.1, 0.15) is 25.5 Å². The average Bonchev–Trinajstić information content (AvgIpc) is 2.93. The van der Waals surface area contributed by atoms with Crippen molar-refractivity contribution in [1.29, 1.82) is 0 Å². The number of para-hydroxylation sites is 1. The predicted octanol–water partition coefficient (Wildman–Crippen LogP) is 3.20. The normalized spacial score (nSPS) is 14.0. The minimum absolute atomic E-state index is 0.197. The second-order valence-electron chi connectivity index (χ2n) is 5.41. The van der Waals surface area contributed by atoms with Crippen molar-refractivity contribution < 1.29 is 0 Å². The number of hydrogen-bond acceptors (Lipinski definition) is 4. The first kappa shape index (κ1) is 13.5. The number of rotatable bonds is 4. The minimum atomic E-state index is 0.197. The first-order chi connectivity index (χ1) is 10.1. The molecular formula is C16H19N5. The van der Waals surface area contributed by atoms with Gasteiger partial charge in [0.15, 0.2) is 0 Å². The van der Waals surface area contributed by atoms with Gasteiger partial charge in [-0.2, -0.15) is 5.10 Å². The number of aryl methyl sites for hydroxylation is 1. The Balaban J connectivity index is 1.84. The SMILES string of the molecule is Cc1cnn([C@H](C)[C@H](C)Nc2ncnc3ccccc23)c1. The summed E-state index contributed by atoms with van der Waals surface area (Å²) in [7, 11) is 0. The quantitative estimate of drug-likeness (QED) is 0.798. The van der Waals surface area contributed by atoms with Crippen LogP contribution in [0.15, 0.2) is 43.0 Å². The Morgan fingerprint density at radius 2 is 1.95 bits per heavy atom. The molecule has 1 N–H and O–H groups in total. The van der Waals surface area contributed by atoms with E-state index in [-0.39, 0.29) is 12.1 Å². The van der Waals surface area contributed by atoms with Gasteiger partial charge in [-0.05, 0) is 38.5 Å². The van der Waals surface area contributed by atoms with Gasteiger partial charge in [-0.25, -0.2) is 9.97 Å². The Hall–Kier alpha value is -2.43. The highest BCUT2D eigenvalue weighted by Gasteiger charge is 2.16. The topological polar surface area (TPSA) is 55.6 Å². The summed E-state index contributed by atoms with van der Waals surface area (Å²) in [6.07, 6.45) is 5.53. The van der Waals surface area contributed by atoms with Gasteiger partial charge in [-0.1, -0.05) is 12.1 Å². The van der Waals surface area contributed by atoms with E-state index in [1.165, 1.54) is 5.56 Å². The number of nitrogens with one attached hydrogen (secondary N) is 1. The summed E-state index contributed by atoms with van der Waals surface area (Å²) in [5.41, 5.74) is 2.12. The largest absolute Gasteiger partial charge is 0.365 e. The molecule has 0 spiro atoms. The van der Waals surface area contributed by atoms with E-state index in [0.29, 0.717) is 0 Å². The van der Waals surface area contributed by atoms with E-state index in [2.05, 4.69) is 40.4 Å². The molecule has 0 amide bonds. The summed E-state index contributed by atoms with van der Waals surface area (Å²) in [6, 6.07) is 8.44. The highest BCUT2D eigenvalue weighted by Crippen LogP contribution is 2.21. The van der Waals surface area contributed by atoms with Crippen molar-refractivity contribution >= 4 is 16.7 Å². The second kappa shape index (κ2) is 5.52. The molecule has 0 radical (unpaired) electrons. The molecule has 0 saturated heterocycles. The van der Waals surface area contributed by atoms with E-state index in [9.17, 15) is 0 Å². The van der Waals surface area contributed by atoms with Crippen LogP contribution in [0, 0.1) is 6.92 Å². The van der Waals surface area contributed by atoms with Crippen LogP contribution in [0.2, 0.25) is 0 Å². The lowest BCUT2D eigenvalue weighted by atomic mass is 10.1. The molecule has 5 heteroatoms. The molecule has 3 rings (SSSR count). The Morgan fingerprint density at radius 3 is 2.71 bits per heavy atom. The van der Waals surface area contributed by atoms with Crippen LogP contribution < -0.4 is 5.32 Å². The number of anilines is 1. The smallest absolute Gasteiger partial charge is 0.137 e. The summed E-state index contributed by atoms with van der Waals surface area (Å²) in [5, 5.41) is 8.90. The molecule has 0 unspecified atom stereocenters. The van der Waals surface area contributed by atoms with Gasteiger partial charge in [-0.3, -0.25) is 4.68 Å². The van der Waals surface area contributed by atoms with E-state index in [0.717, 1.165) is 16.7 Å². The van der Waals surface area contributed by atoms with Gasteiger partial charge in [0.25, 0.3) is 0 Å². The maximum atomic E-state index is 4.38. The Labute approximate surface area is 124 Å². The van der Waals surface area contributed by atoms with Crippen molar-refractivity contribution in [3.63, 3.8) is 0 Å². The van der Waals surface area contributed by atoms with E-state index in [4.69, 9.17) is 0 Å². The van der Waals surface area contributed by atoms with Gasteiger partial charge >= 0.3 is 0 Å². The molecular weight excluding hydrogens is 262 g/mol. The first-order valence-electron chi connectivity index (χ1n) is 7.12. The number of nitrogens with zero attached hydrogens (tertiary/aromatic N) is 4. The van der Waals surface area contributed by atoms with Gasteiger partial charge in [-0.15, -0.1) is 0 Å². The molecule has 0 aliphatic carbocycles. The van der Waals surface area contributed by atoms with Crippen LogP contribution in [-0.2, 0) is 0 Å². The summed E-state index contributed by atoms with van der Waals surface area (Å²) < 4.78 is 1.98. The fraction of sp³-hybridized carbons (Fsp3) is 0.312. The lowest BCUT2D eigenvalue weighted by molar-refractivity contribution is 0.443. The summed E-state index contributed by atoms with van der Waals surface area (Å²) in [5.74, 6) is 0.865. The van der Waals surface area contributed by atoms with Crippen LogP contribution in [0.4, 0.5) is 5.82 Å². The highest BCUT2D eigenvalue weighted by molar-refractivity contribution is 5.88. The minimum Gasteiger partial charge on any atom is -0.365 e. The van der Waals surface area contributed by atoms with Crippen LogP contribution >= 0.6 is 0 Å². The standard InChI is InChI=1S/C16H19N5/c1-11-8-19-21(9-11)13(3)12(2)20-16-14-6-4-5-7-15(14)17-10-18-16/h4-10,12-13H,1-3H3,(H,17,18,20)/t12-,13+/m0/s1. The molecule has 0 fully saturated rings. The lowest BCUT2D eigenvalue weighted by Crippen LogP contribution is -2.27. The maximum Gasteiger partial charge on any atom is 0.137 e. The molecule has 0 saturated carbocycles. The fourth-order valence-electron chi connectivity index (χ4n) is 2.34. The van der Waals surface area contributed by atoms with Crippen molar-refractivity contribution in [3.8, 4) is 0 Å². The Kier molecular flexibility index (Phi) is 3.56. The van der Waals surface area contributed by atoms with Crippen LogP contribution in [0.25, 0.3) is 10.9 Å². The first-order valence-corrected chi connectivity index (χ1v) is 7.12. The molecule has 108 valence electrons. The van der Waals surface area contributed by atoms with Crippen molar-refractivity contribution in [3.05, 3.63) is 48.5 Å². The summed E-state index contributed by atoms with van der Waals surface area (Å²) in [6.45, 7) is 6.33. The zero-order valence-corrected chi connectivity index (χ0v) is 12.5. The van der Waals surface area contributed by atoms with Gasteiger partial charge < -0.3 is 5.32 Å². The van der Waals surface area contributed by atoms with Crippen LogP contribution in [0.3, 0.4) is 0 Å². The van der Waals surface area contributed by atoms with Crippen LogP contribution in [-0.4, -0.2) is 25.8 Å². The predicted molar refractivity (Wildman–Crippen MR) is 84.3 cm³/mol. The third-order valence-corrected chi connectivity index (χ3v) is 3.78. The third-order valence-electron chi connectivity index (χ3n) is 3.78. The van der Waals surface area contributed by atoms with Gasteiger partial charge in [0.1, 0.15) is 12.1 Å². The number of benzene rings is 1. The number of aromatic nitrogens is 4. The molecule has 21 heavy (non-hydrogen) atoms. The lowest BCUT2D eigenvalue weighted by Gasteiger charge is -2.22. The molecule has 5 nitrogen and oxygen atoms in total. The molecule has 1 aromatic carbocycles. The van der Waals surface area contributed by atoms with Crippen LogP contribution in [0.5, 0.6) is 0 Å². The molecule has 3 aromatic rings. The van der Waals surface area contributed by atoms with Gasteiger partial charge in [0, 0.05) is 17.6 Å². The fourth-order valence-corrected chi connectivity index (χ4v) is 2.34. The van der Waals surface area contributed by atoms with E-state index < -0.39 is 0 Å². The molecule has 0 aliphatic rings. The van der Waals surface area contributed by atoms with Gasteiger partial charge in [0.2, 0.25) is 0 Å². The summed E-state index contributed by atoms with van der Waals surface area (Å²) >= 11 is 0. The highest BCUT2D eigenvalue weighted by atomic mass is 15.3. The Morgan fingerprint density at radius 1 is 1.14 bits per heavy atom. The number of hydrogen-bond donors (Lipinski definition) is 1. The molecule has 0 aliphatic heterocycles.